The van der Waals surface area contributed by atoms with E-state index in [1.807, 2.05) is 0 Å². The van der Waals surface area contributed by atoms with Gasteiger partial charge < -0.3 is 9.47 Å². The average molecular weight is 289 g/mol. The van der Waals surface area contributed by atoms with Gasteiger partial charge in [0.2, 0.25) is 0 Å². The molecule has 1 fully saturated rings. The van der Waals surface area contributed by atoms with Crippen molar-refractivity contribution in [1.29, 1.82) is 0 Å². The molecular weight excluding hydrogens is 275 g/mol. The zero-order chi connectivity index (χ0) is 11.4. The summed E-state index contributed by atoms with van der Waals surface area (Å²) in [5, 5.41) is 0.905. The Morgan fingerprint density at radius 2 is 1.81 bits per heavy atom. The Morgan fingerprint density at radius 3 is 2.38 bits per heavy atom. The molecule has 88 valence electrons. The van der Waals surface area contributed by atoms with Gasteiger partial charge in [0, 0.05) is 17.3 Å². The van der Waals surface area contributed by atoms with Crippen molar-refractivity contribution < 1.29 is 13.9 Å². The summed E-state index contributed by atoms with van der Waals surface area (Å²) in [5.74, 6) is -0.904. The van der Waals surface area contributed by atoms with Crippen molar-refractivity contribution in [2.75, 3.05) is 18.5 Å². The van der Waals surface area contributed by atoms with Gasteiger partial charge in [0.05, 0.1) is 13.2 Å². The number of ether oxygens (including phenoxy) is 2. The third kappa shape index (κ3) is 2.44. The van der Waals surface area contributed by atoms with E-state index in [4.69, 9.17) is 9.47 Å². The van der Waals surface area contributed by atoms with E-state index in [9.17, 15) is 4.39 Å². The molecule has 0 atom stereocenters. The molecule has 0 spiro atoms. The summed E-state index contributed by atoms with van der Waals surface area (Å²) in [6.45, 7) is 1.19. The maximum absolute atomic E-state index is 12.9. The van der Waals surface area contributed by atoms with E-state index < -0.39 is 5.79 Å². The highest BCUT2D eigenvalue weighted by atomic mass is 79.9. The van der Waals surface area contributed by atoms with Crippen LogP contribution in [0.1, 0.15) is 18.4 Å². The molecule has 1 aromatic carbocycles. The van der Waals surface area contributed by atoms with E-state index in [1.54, 1.807) is 12.1 Å². The maximum Gasteiger partial charge on any atom is 0.195 e. The quantitative estimate of drug-likeness (QED) is 0.792. The SMILES string of the molecule is Fc1ccc(C2(CCCBr)OCCO2)cc1. The Hall–Kier alpha value is -0.450. The van der Waals surface area contributed by atoms with E-state index >= 15 is 0 Å². The van der Waals surface area contributed by atoms with Crippen molar-refractivity contribution in [2.24, 2.45) is 0 Å². The minimum Gasteiger partial charge on any atom is -0.343 e. The van der Waals surface area contributed by atoms with Gasteiger partial charge in [0.15, 0.2) is 5.79 Å². The number of hydrogen-bond acceptors (Lipinski definition) is 2. The van der Waals surface area contributed by atoms with E-state index in [-0.39, 0.29) is 5.82 Å². The third-order valence-electron chi connectivity index (χ3n) is 2.68. The van der Waals surface area contributed by atoms with Crippen LogP contribution in [-0.4, -0.2) is 18.5 Å². The van der Waals surface area contributed by atoms with Gasteiger partial charge in [-0.1, -0.05) is 28.1 Å². The second-order valence-electron chi connectivity index (χ2n) is 3.75. The minimum absolute atomic E-state index is 0.239. The maximum atomic E-state index is 12.9. The lowest BCUT2D eigenvalue weighted by molar-refractivity contribution is -0.170. The number of hydrogen-bond donors (Lipinski definition) is 0. The fourth-order valence-corrected chi connectivity index (χ4v) is 2.19. The first kappa shape index (κ1) is 12.0. The van der Waals surface area contributed by atoms with Crippen LogP contribution < -0.4 is 0 Å². The molecule has 0 amide bonds. The lowest BCUT2D eigenvalue weighted by atomic mass is 10.0. The van der Waals surface area contributed by atoms with Crippen LogP contribution in [0.15, 0.2) is 24.3 Å². The van der Waals surface area contributed by atoms with E-state index in [0.717, 1.165) is 23.7 Å². The molecule has 0 unspecified atom stereocenters. The first-order chi connectivity index (χ1) is 7.77. The topological polar surface area (TPSA) is 18.5 Å². The summed E-state index contributed by atoms with van der Waals surface area (Å²) < 4.78 is 24.3. The van der Waals surface area contributed by atoms with Crippen molar-refractivity contribution in [3.05, 3.63) is 35.6 Å². The van der Waals surface area contributed by atoms with Gasteiger partial charge in [-0.3, -0.25) is 0 Å². The van der Waals surface area contributed by atoms with Crippen molar-refractivity contribution in [3.63, 3.8) is 0 Å². The van der Waals surface area contributed by atoms with Gasteiger partial charge in [-0.05, 0) is 18.6 Å². The monoisotopic (exact) mass is 288 g/mol. The van der Waals surface area contributed by atoms with Crippen LogP contribution in [0.25, 0.3) is 0 Å². The summed E-state index contributed by atoms with van der Waals surface area (Å²) >= 11 is 3.39. The molecule has 4 heteroatoms. The first-order valence-corrected chi connectivity index (χ1v) is 6.49. The average Bonchev–Trinajstić information content (AvgIpc) is 2.77. The highest BCUT2D eigenvalue weighted by molar-refractivity contribution is 9.09. The van der Waals surface area contributed by atoms with Crippen molar-refractivity contribution in [3.8, 4) is 0 Å². The van der Waals surface area contributed by atoms with Gasteiger partial charge in [0.1, 0.15) is 5.82 Å². The highest BCUT2D eigenvalue weighted by Gasteiger charge is 2.37. The number of alkyl halides is 1. The second kappa shape index (κ2) is 5.25. The Bertz CT molecular complexity index is 333. The molecule has 1 aliphatic rings. The molecule has 0 aromatic heterocycles. The molecule has 1 saturated heterocycles. The summed E-state index contributed by atoms with van der Waals surface area (Å²) in [6.07, 6.45) is 1.74. The molecule has 2 nitrogen and oxygen atoms in total. The molecule has 1 heterocycles. The third-order valence-corrected chi connectivity index (χ3v) is 3.24. The normalized spacial score (nSPS) is 18.9. The molecule has 0 N–H and O–H groups in total. The minimum atomic E-state index is -0.665. The fraction of sp³-hybridized carbons (Fsp3) is 0.500. The summed E-state index contributed by atoms with van der Waals surface area (Å²) in [6, 6.07) is 6.34. The van der Waals surface area contributed by atoms with Crippen LogP contribution in [0.2, 0.25) is 0 Å². The van der Waals surface area contributed by atoms with Crippen LogP contribution in [-0.2, 0) is 15.3 Å². The predicted octanol–water partition coefficient (Wildman–Crippen LogP) is 3.20. The van der Waals surface area contributed by atoms with Gasteiger partial charge in [-0.25, -0.2) is 4.39 Å². The zero-order valence-corrected chi connectivity index (χ0v) is 10.5. The molecule has 1 aromatic rings. The van der Waals surface area contributed by atoms with Crippen LogP contribution in [0.4, 0.5) is 4.39 Å². The largest absolute Gasteiger partial charge is 0.343 e. The molecule has 1 aliphatic heterocycles. The first-order valence-electron chi connectivity index (χ1n) is 5.37. The second-order valence-corrected chi connectivity index (χ2v) is 4.54. The number of halogens is 2. The lowest BCUT2D eigenvalue weighted by Crippen LogP contribution is -2.27. The van der Waals surface area contributed by atoms with Crippen LogP contribution >= 0.6 is 15.9 Å². The highest BCUT2D eigenvalue weighted by Crippen LogP contribution is 2.36. The Morgan fingerprint density at radius 1 is 1.19 bits per heavy atom. The molecule has 0 bridgehead atoms. The Labute approximate surface area is 103 Å². The molecule has 2 rings (SSSR count). The van der Waals surface area contributed by atoms with Gasteiger partial charge >= 0.3 is 0 Å². The molecule has 0 radical (unpaired) electrons. The Kier molecular flexibility index (Phi) is 3.95. The van der Waals surface area contributed by atoms with Crippen LogP contribution in [0.3, 0.4) is 0 Å². The van der Waals surface area contributed by atoms with Crippen molar-refractivity contribution in [2.45, 2.75) is 18.6 Å². The predicted molar refractivity (Wildman–Crippen MR) is 63.0 cm³/mol. The van der Waals surface area contributed by atoms with Crippen LogP contribution in [0, 0.1) is 5.82 Å². The van der Waals surface area contributed by atoms with Gasteiger partial charge in [0.25, 0.3) is 0 Å². The van der Waals surface area contributed by atoms with Gasteiger partial charge in [-0.2, -0.15) is 0 Å². The number of benzene rings is 1. The van der Waals surface area contributed by atoms with Crippen molar-refractivity contribution in [1.82, 2.24) is 0 Å². The van der Waals surface area contributed by atoms with E-state index in [1.165, 1.54) is 12.1 Å². The zero-order valence-electron chi connectivity index (χ0n) is 8.92. The molecule has 16 heavy (non-hydrogen) atoms. The van der Waals surface area contributed by atoms with Crippen molar-refractivity contribution >= 4 is 15.9 Å². The molecule has 0 saturated carbocycles. The standard InChI is InChI=1S/C12H14BrFO2/c13-7-1-6-12(15-8-9-16-12)10-2-4-11(14)5-3-10/h2-5H,1,6-9H2. The smallest absolute Gasteiger partial charge is 0.195 e. The van der Waals surface area contributed by atoms with E-state index in [2.05, 4.69) is 15.9 Å². The fourth-order valence-electron chi connectivity index (χ4n) is 1.91. The molecule has 0 aliphatic carbocycles. The summed E-state index contributed by atoms with van der Waals surface area (Å²) in [7, 11) is 0. The number of rotatable bonds is 4. The van der Waals surface area contributed by atoms with E-state index in [0.29, 0.717) is 13.2 Å². The summed E-state index contributed by atoms with van der Waals surface area (Å²) in [4.78, 5) is 0. The molecular formula is C12H14BrFO2. The van der Waals surface area contributed by atoms with Crippen LogP contribution in [0.5, 0.6) is 0 Å². The van der Waals surface area contributed by atoms with Gasteiger partial charge in [-0.15, -0.1) is 0 Å². The summed E-state index contributed by atoms with van der Waals surface area (Å²) in [5.41, 5.74) is 0.896. The lowest BCUT2D eigenvalue weighted by Gasteiger charge is -2.27. The Balaban J connectivity index is 2.21.